The average Bonchev–Trinajstić information content (AvgIpc) is 2.92. The number of sulfonamides is 1. The van der Waals surface area contributed by atoms with Gasteiger partial charge in [-0.25, -0.2) is 8.42 Å². The monoisotopic (exact) mass is 421 g/mol. The third kappa shape index (κ3) is 4.56. The highest BCUT2D eigenvalue weighted by Crippen LogP contribution is 2.30. The summed E-state index contributed by atoms with van der Waals surface area (Å²) in [4.78, 5) is 13.0. The van der Waals surface area contributed by atoms with Crippen LogP contribution in [0.3, 0.4) is 0 Å². The van der Waals surface area contributed by atoms with Crippen molar-refractivity contribution in [2.24, 2.45) is 7.05 Å². The van der Waals surface area contributed by atoms with Gasteiger partial charge in [0.2, 0.25) is 10.0 Å². The molecule has 0 atom stereocenters. The molecule has 1 aromatic heterocycles. The van der Waals surface area contributed by atoms with E-state index >= 15 is 0 Å². The number of ether oxygens (including phenoxy) is 2. The van der Waals surface area contributed by atoms with Gasteiger partial charge in [0.25, 0.3) is 5.91 Å². The van der Waals surface area contributed by atoms with Gasteiger partial charge in [-0.05, 0) is 31.0 Å². The van der Waals surface area contributed by atoms with Crippen LogP contribution in [0.15, 0.2) is 35.4 Å². The second kappa shape index (κ2) is 8.87. The minimum Gasteiger partial charge on any atom is -0.497 e. The zero-order valence-electron chi connectivity index (χ0n) is 17.0. The molecule has 1 amide bonds. The van der Waals surface area contributed by atoms with Crippen LogP contribution >= 0.6 is 0 Å². The molecule has 1 fully saturated rings. The molecule has 0 aliphatic carbocycles. The predicted molar refractivity (Wildman–Crippen MR) is 110 cm³/mol. The minimum atomic E-state index is -3.63. The molecule has 9 heteroatoms. The summed E-state index contributed by atoms with van der Waals surface area (Å²) in [6.45, 7) is 1.03. The fourth-order valence-electron chi connectivity index (χ4n) is 3.43. The van der Waals surface area contributed by atoms with Gasteiger partial charge in [-0.15, -0.1) is 0 Å². The molecular formula is C20H27N3O5S. The number of aryl methyl sites for hydroxylation is 1. The van der Waals surface area contributed by atoms with Crippen molar-refractivity contribution in [2.45, 2.75) is 30.6 Å². The van der Waals surface area contributed by atoms with E-state index in [9.17, 15) is 13.2 Å². The number of rotatable bonds is 6. The van der Waals surface area contributed by atoms with Gasteiger partial charge >= 0.3 is 0 Å². The largest absolute Gasteiger partial charge is 0.497 e. The molecule has 0 unspecified atom stereocenters. The summed E-state index contributed by atoms with van der Waals surface area (Å²) in [7, 11) is 1.06. The highest BCUT2D eigenvalue weighted by atomic mass is 32.2. The second-order valence-corrected chi connectivity index (χ2v) is 8.95. The lowest BCUT2D eigenvalue weighted by Crippen LogP contribution is -2.31. The number of amides is 1. The summed E-state index contributed by atoms with van der Waals surface area (Å²) in [5, 5.41) is 2.77. The first-order chi connectivity index (χ1) is 13.9. The van der Waals surface area contributed by atoms with Crippen LogP contribution in [0, 0.1) is 0 Å². The highest BCUT2D eigenvalue weighted by Gasteiger charge is 2.28. The molecule has 2 heterocycles. The Morgan fingerprint density at radius 3 is 2.34 bits per heavy atom. The Morgan fingerprint density at radius 2 is 1.72 bits per heavy atom. The van der Waals surface area contributed by atoms with Crippen LogP contribution in [0.2, 0.25) is 0 Å². The number of carbonyl (C=O) groups excluding carboxylic acids is 1. The summed E-state index contributed by atoms with van der Waals surface area (Å²) >= 11 is 0. The molecule has 1 aliphatic rings. The first kappa shape index (κ1) is 21.2. The molecule has 0 spiro atoms. The first-order valence-corrected chi connectivity index (χ1v) is 11.0. The quantitative estimate of drug-likeness (QED) is 0.775. The maximum Gasteiger partial charge on any atom is 0.272 e. The van der Waals surface area contributed by atoms with Crippen LogP contribution in [-0.2, 0) is 17.1 Å². The molecule has 1 aliphatic heterocycles. The molecule has 0 saturated carbocycles. The van der Waals surface area contributed by atoms with Gasteiger partial charge in [-0.3, -0.25) is 4.79 Å². The molecule has 0 radical (unpaired) electrons. The summed E-state index contributed by atoms with van der Waals surface area (Å²) in [5.41, 5.74) is 0.679. The number of nitrogens with zero attached hydrogens (tertiary/aromatic N) is 2. The lowest BCUT2D eigenvalue weighted by atomic mass is 10.2. The molecule has 2 aromatic rings. The average molecular weight is 422 g/mol. The van der Waals surface area contributed by atoms with E-state index in [1.54, 1.807) is 25.2 Å². The Morgan fingerprint density at radius 1 is 1.03 bits per heavy atom. The smallest absolute Gasteiger partial charge is 0.272 e. The molecule has 8 nitrogen and oxygen atoms in total. The summed E-state index contributed by atoms with van der Waals surface area (Å²) in [6.07, 6.45) is 5.27. The minimum absolute atomic E-state index is 0.129. The fraction of sp³-hybridized carbons (Fsp3) is 0.450. The Bertz CT molecular complexity index is 976. The molecule has 158 valence electrons. The number of hydrogen-bond acceptors (Lipinski definition) is 5. The fourth-order valence-corrected chi connectivity index (χ4v) is 5.02. The maximum absolute atomic E-state index is 13.0. The zero-order chi connectivity index (χ0) is 21.0. The third-order valence-electron chi connectivity index (χ3n) is 5.07. The third-order valence-corrected chi connectivity index (χ3v) is 6.93. The maximum atomic E-state index is 13.0. The van der Waals surface area contributed by atoms with Crippen molar-refractivity contribution < 1.29 is 22.7 Å². The van der Waals surface area contributed by atoms with E-state index in [-0.39, 0.29) is 10.6 Å². The number of benzene rings is 1. The Balaban J connectivity index is 1.85. The van der Waals surface area contributed by atoms with Gasteiger partial charge in [0, 0.05) is 32.4 Å². The van der Waals surface area contributed by atoms with E-state index in [2.05, 4.69) is 5.32 Å². The van der Waals surface area contributed by atoms with Crippen molar-refractivity contribution in [1.82, 2.24) is 8.87 Å². The van der Waals surface area contributed by atoms with Gasteiger partial charge < -0.3 is 19.4 Å². The summed E-state index contributed by atoms with van der Waals surface area (Å²) in [5.74, 6) is 0.611. The Hall–Kier alpha value is -2.52. The summed E-state index contributed by atoms with van der Waals surface area (Å²) < 4.78 is 39.5. The number of aromatic nitrogens is 1. The Kier molecular flexibility index (Phi) is 6.49. The normalized spacial score (nSPS) is 15.6. The van der Waals surface area contributed by atoms with E-state index in [4.69, 9.17) is 9.47 Å². The van der Waals surface area contributed by atoms with Crippen molar-refractivity contribution >= 4 is 21.6 Å². The SMILES string of the molecule is COc1ccc(OC)c(NC(=O)c2cc(S(=O)(=O)N3CCCCCC3)cn2C)c1. The molecule has 1 aromatic carbocycles. The van der Waals surface area contributed by atoms with Crippen LogP contribution < -0.4 is 14.8 Å². The lowest BCUT2D eigenvalue weighted by Gasteiger charge is -2.18. The van der Waals surface area contributed by atoms with Crippen LogP contribution in [0.4, 0.5) is 5.69 Å². The van der Waals surface area contributed by atoms with E-state index in [0.29, 0.717) is 30.3 Å². The Labute approximate surface area is 171 Å². The number of hydrogen-bond donors (Lipinski definition) is 1. The van der Waals surface area contributed by atoms with Crippen LogP contribution in [0.5, 0.6) is 11.5 Å². The van der Waals surface area contributed by atoms with Gasteiger partial charge in [0.1, 0.15) is 22.1 Å². The van der Waals surface area contributed by atoms with E-state index < -0.39 is 15.9 Å². The van der Waals surface area contributed by atoms with E-state index in [0.717, 1.165) is 25.7 Å². The van der Waals surface area contributed by atoms with E-state index in [1.807, 2.05) is 0 Å². The van der Waals surface area contributed by atoms with Gasteiger partial charge in [-0.1, -0.05) is 12.8 Å². The lowest BCUT2D eigenvalue weighted by molar-refractivity contribution is 0.101. The van der Waals surface area contributed by atoms with Crippen LogP contribution in [-0.4, -0.2) is 50.5 Å². The first-order valence-electron chi connectivity index (χ1n) is 9.56. The molecule has 3 rings (SSSR count). The molecule has 0 bridgehead atoms. The number of nitrogens with one attached hydrogen (secondary N) is 1. The molecule has 29 heavy (non-hydrogen) atoms. The van der Waals surface area contributed by atoms with Crippen molar-refractivity contribution in [3.63, 3.8) is 0 Å². The van der Waals surface area contributed by atoms with Gasteiger partial charge in [0.05, 0.1) is 19.9 Å². The van der Waals surface area contributed by atoms with Crippen molar-refractivity contribution in [3.05, 3.63) is 36.2 Å². The van der Waals surface area contributed by atoms with Crippen molar-refractivity contribution in [2.75, 3.05) is 32.6 Å². The van der Waals surface area contributed by atoms with E-state index in [1.165, 1.54) is 35.4 Å². The predicted octanol–water partition coefficient (Wildman–Crippen LogP) is 2.86. The number of anilines is 1. The highest BCUT2D eigenvalue weighted by molar-refractivity contribution is 7.89. The number of carbonyl (C=O) groups is 1. The van der Waals surface area contributed by atoms with Crippen LogP contribution in [0.25, 0.3) is 0 Å². The molecule has 1 N–H and O–H groups in total. The molecular weight excluding hydrogens is 394 g/mol. The zero-order valence-corrected chi connectivity index (χ0v) is 17.8. The topological polar surface area (TPSA) is 89.9 Å². The second-order valence-electron chi connectivity index (χ2n) is 7.01. The van der Waals surface area contributed by atoms with Gasteiger partial charge in [0.15, 0.2) is 0 Å². The standard InChI is InChI=1S/C20H27N3O5S/c1-22-14-16(29(25,26)23-10-6-4-5-7-11-23)13-18(22)20(24)21-17-12-15(27-2)8-9-19(17)28-3/h8-9,12-14H,4-7,10-11H2,1-3H3,(H,21,24). The van der Waals surface area contributed by atoms with Gasteiger partial charge in [-0.2, -0.15) is 4.31 Å². The molecule has 1 saturated heterocycles. The number of methoxy groups -OCH3 is 2. The summed E-state index contributed by atoms with van der Waals surface area (Å²) in [6, 6.07) is 6.48. The van der Waals surface area contributed by atoms with Crippen molar-refractivity contribution in [3.8, 4) is 11.5 Å². The van der Waals surface area contributed by atoms with Crippen molar-refractivity contribution in [1.29, 1.82) is 0 Å². The van der Waals surface area contributed by atoms with Crippen LogP contribution in [0.1, 0.15) is 36.2 Å².